The number of amides is 1. The van der Waals surface area contributed by atoms with Crippen molar-refractivity contribution < 1.29 is 9.53 Å². The molecule has 1 fully saturated rings. The SMILES string of the molecule is CCN(CC1CCCO1)C(=O)c1cc(Br)cc(N)c1C. The standard InChI is InChI=1S/C15H21BrN2O2/c1-3-18(9-12-5-4-6-20-12)15(19)13-7-11(16)8-14(17)10(13)2/h7-8,12H,3-6,9,17H2,1-2H3. The molecule has 4 nitrogen and oxygen atoms in total. The van der Waals surface area contributed by atoms with Gasteiger partial charge in [-0.1, -0.05) is 15.9 Å². The van der Waals surface area contributed by atoms with Crippen molar-refractivity contribution in [2.75, 3.05) is 25.4 Å². The molecule has 0 radical (unpaired) electrons. The van der Waals surface area contributed by atoms with Crippen LogP contribution in [-0.4, -0.2) is 36.6 Å². The van der Waals surface area contributed by atoms with Crippen molar-refractivity contribution in [2.45, 2.75) is 32.8 Å². The van der Waals surface area contributed by atoms with E-state index in [9.17, 15) is 4.79 Å². The van der Waals surface area contributed by atoms with Gasteiger partial charge >= 0.3 is 0 Å². The van der Waals surface area contributed by atoms with Gasteiger partial charge in [-0.25, -0.2) is 0 Å². The average molecular weight is 341 g/mol. The van der Waals surface area contributed by atoms with Crippen LogP contribution >= 0.6 is 15.9 Å². The zero-order chi connectivity index (χ0) is 14.7. The molecule has 0 spiro atoms. The molecular weight excluding hydrogens is 320 g/mol. The summed E-state index contributed by atoms with van der Waals surface area (Å²) in [5.41, 5.74) is 8.07. The van der Waals surface area contributed by atoms with Crippen LogP contribution in [0.15, 0.2) is 16.6 Å². The van der Waals surface area contributed by atoms with Crippen molar-refractivity contribution in [3.8, 4) is 0 Å². The highest BCUT2D eigenvalue weighted by Gasteiger charge is 2.23. The minimum absolute atomic E-state index is 0.0218. The minimum Gasteiger partial charge on any atom is -0.398 e. The predicted octanol–water partition coefficient (Wildman–Crippen LogP) is 2.98. The smallest absolute Gasteiger partial charge is 0.254 e. The molecule has 1 aliphatic heterocycles. The fourth-order valence-electron chi connectivity index (χ4n) is 2.48. The summed E-state index contributed by atoms with van der Waals surface area (Å²) in [5, 5.41) is 0. The van der Waals surface area contributed by atoms with Gasteiger partial charge in [0.2, 0.25) is 0 Å². The van der Waals surface area contributed by atoms with Gasteiger partial charge in [0, 0.05) is 35.4 Å². The summed E-state index contributed by atoms with van der Waals surface area (Å²) >= 11 is 3.40. The van der Waals surface area contributed by atoms with E-state index in [2.05, 4.69) is 15.9 Å². The van der Waals surface area contributed by atoms with Gasteiger partial charge in [-0.15, -0.1) is 0 Å². The normalized spacial score (nSPS) is 18.2. The molecule has 1 unspecified atom stereocenters. The molecule has 2 rings (SSSR count). The number of halogens is 1. The number of hydrogen-bond donors (Lipinski definition) is 1. The largest absolute Gasteiger partial charge is 0.398 e. The van der Waals surface area contributed by atoms with Crippen molar-refractivity contribution in [1.29, 1.82) is 0 Å². The first-order valence-corrected chi connectivity index (χ1v) is 7.78. The van der Waals surface area contributed by atoms with Crippen LogP contribution in [0.4, 0.5) is 5.69 Å². The molecule has 0 saturated carbocycles. The molecule has 1 atom stereocenters. The summed E-state index contributed by atoms with van der Waals surface area (Å²) in [6.45, 7) is 6.00. The Labute approximate surface area is 128 Å². The first kappa shape index (κ1) is 15.3. The van der Waals surface area contributed by atoms with Crippen LogP contribution in [0.25, 0.3) is 0 Å². The highest BCUT2D eigenvalue weighted by Crippen LogP contribution is 2.24. The molecule has 5 heteroatoms. The number of nitrogen functional groups attached to an aromatic ring is 1. The van der Waals surface area contributed by atoms with E-state index >= 15 is 0 Å². The Kier molecular flexibility index (Phi) is 5.05. The number of benzene rings is 1. The Bertz CT molecular complexity index is 499. The summed E-state index contributed by atoms with van der Waals surface area (Å²) in [4.78, 5) is 14.5. The number of nitrogens with two attached hydrogens (primary N) is 1. The Morgan fingerprint density at radius 2 is 2.30 bits per heavy atom. The van der Waals surface area contributed by atoms with Gasteiger partial charge < -0.3 is 15.4 Å². The van der Waals surface area contributed by atoms with Crippen LogP contribution in [-0.2, 0) is 4.74 Å². The third kappa shape index (κ3) is 3.33. The lowest BCUT2D eigenvalue weighted by Gasteiger charge is -2.25. The van der Waals surface area contributed by atoms with Crippen molar-refractivity contribution in [1.82, 2.24) is 4.90 Å². The van der Waals surface area contributed by atoms with Gasteiger partial charge in [-0.2, -0.15) is 0 Å². The third-order valence-electron chi connectivity index (χ3n) is 3.76. The van der Waals surface area contributed by atoms with E-state index in [1.165, 1.54) is 0 Å². The zero-order valence-electron chi connectivity index (χ0n) is 12.0. The number of rotatable bonds is 4. The molecule has 110 valence electrons. The van der Waals surface area contributed by atoms with E-state index in [1.807, 2.05) is 30.9 Å². The minimum atomic E-state index is 0.0218. The number of carbonyl (C=O) groups is 1. The summed E-state index contributed by atoms with van der Waals surface area (Å²) in [6.07, 6.45) is 2.28. The molecule has 0 bridgehead atoms. The first-order valence-electron chi connectivity index (χ1n) is 6.99. The van der Waals surface area contributed by atoms with Crippen LogP contribution < -0.4 is 5.73 Å². The Morgan fingerprint density at radius 3 is 2.90 bits per heavy atom. The summed E-state index contributed by atoms with van der Waals surface area (Å²) < 4.78 is 6.45. The van der Waals surface area contributed by atoms with Gasteiger partial charge in [-0.05, 0) is 44.4 Å². The number of nitrogens with zero attached hydrogens (tertiary/aromatic N) is 1. The maximum Gasteiger partial charge on any atom is 0.254 e. The Balaban J connectivity index is 2.19. The third-order valence-corrected chi connectivity index (χ3v) is 4.22. The number of anilines is 1. The van der Waals surface area contributed by atoms with Crippen LogP contribution in [0.1, 0.15) is 35.7 Å². The number of hydrogen-bond acceptors (Lipinski definition) is 3. The van der Waals surface area contributed by atoms with Crippen LogP contribution in [0.2, 0.25) is 0 Å². The van der Waals surface area contributed by atoms with Gasteiger partial charge in [0.05, 0.1) is 6.10 Å². The predicted molar refractivity (Wildman–Crippen MR) is 83.8 cm³/mol. The van der Waals surface area contributed by atoms with Gasteiger partial charge in [0.25, 0.3) is 5.91 Å². The molecule has 1 aliphatic rings. The van der Waals surface area contributed by atoms with E-state index in [-0.39, 0.29) is 12.0 Å². The molecular formula is C15H21BrN2O2. The van der Waals surface area contributed by atoms with Crippen molar-refractivity contribution in [3.05, 3.63) is 27.7 Å². The summed E-state index contributed by atoms with van der Waals surface area (Å²) in [7, 11) is 0. The van der Waals surface area contributed by atoms with Crippen LogP contribution in [0.5, 0.6) is 0 Å². The molecule has 20 heavy (non-hydrogen) atoms. The molecule has 1 aromatic rings. The van der Waals surface area contributed by atoms with E-state index in [1.54, 1.807) is 0 Å². The number of carbonyl (C=O) groups excluding carboxylic acids is 1. The molecule has 2 N–H and O–H groups in total. The monoisotopic (exact) mass is 340 g/mol. The lowest BCUT2D eigenvalue weighted by atomic mass is 10.1. The quantitative estimate of drug-likeness (QED) is 0.857. The number of ether oxygens (including phenoxy) is 1. The molecule has 1 heterocycles. The highest BCUT2D eigenvalue weighted by molar-refractivity contribution is 9.10. The molecule has 0 aliphatic carbocycles. The highest BCUT2D eigenvalue weighted by atomic mass is 79.9. The second kappa shape index (κ2) is 6.59. The fourth-order valence-corrected chi connectivity index (χ4v) is 2.96. The number of likely N-dealkylation sites (N-methyl/N-ethyl adjacent to an activating group) is 1. The molecule has 1 amide bonds. The Hall–Kier alpha value is -1.07. The summed E-state index contributed by atoms with van der Waals surface area (Å²) in [5.74, 6) is 0.0218. The van der Waals surface area contributed by atoms with Gasteiger partial charge in [0.1, 0.15) is 0 Å². The van der Waals surface area contributed by atoms with Crippen molar-refractivity contribution in [3.63, 3.8) is 0 Å². The Morgan fingerprint density at radius 1 is 1.55 bits per heavy atom. The van der Waals surface area contributed by atoms with E-state index in [4.69, 9.17) is 10.5 Å². The second-order valence-corrected chi connectivity index (χ2v) is 6.06. The first-order chi connectivity index (χ1) is 9.52. The molecule has 1 aromatic carbocycles. The topological polar surface area (TPSA) is 55.6 Å². The maximum absolute atomic E-state index is 12.7. The van der Waals surface area contributed by atoms with Crippen molar-refractivity contribution in [2.24, 2.45) is 0 Å². The van der Waals surface area contributed by atoms with E-state index < -0.39 is 0 Å². The van der Waals surface area contributed by atoms with Crippen molar-refractivity contribution >= 4 is 27.5 Å². The summed E-state index contributed by atoms with van der Waals surface area (Å²) in [6, 6.07) is 3.66. The lowest BCUT2D eigenvalue weighted by molar-refractivity contribution is 0.0538. The molecule has 0 aromatic heterocycles. The maximum atomic E-state index is 12.7. The van der Waals surface area contributed by atoms with Crippen LogP contribution in [0.3, 0.4) is 0 Å². The fraction of sp³-hybridized carbons (Fsp3) is 0.533. The van der Waals surface area contributed by atoms with E-state index in [0.717, 1.165) is 29.5 Å². The second-order valence-electron chi connectivity index (χ2n) is 5.15. The zero-order valence-corrected chi connectivity index (χ0v) is 13.6. The lowest BCUT2D eigenvalue weighted by Crippen LogP contribution is -2.37. The average Bonchev–Trinajstić information content (AvgIpc) is 2.92. The molecule has 1 saturated heterocycles. The van der Waals surface area contributed by atoms with E-state index in [0.29, 0.717) is 24.3 Å². The van der Waals surface area contributed by atoms with Gasteiger partial charge in [-0.3, -0.25) is 4.79 Å². The van der Waals surface area contributed by atoms with Gasteiger partial charge in [0.15, 0.2) is 0 Å². The van der Waals surface area contributed by atoms with Crippen LogP contribution in [0, 0.1) is 6.92 Å².